The fraction of sp³-hybridized carbons (Fsp3) is 0.321. The molecular formula is C53H60N6O4Si. The Hall–Kier alpha value is -6.14. The molecule has 0 saturated carbocycles. The van der Waals surface area contributed by atoms with Crippen LogP contribution in [0.3, 0.4) is 0 Å². The Bertz CT molecular complexity index is 2850. The summed E-state index contributed by atoms with van der Waals surface area (Å²) < 4.78 is 16.6. The molecule has 330 valence electrons. The summed E-state index contributed by atoms with van der Waals surface area (Å²) in [6.45, 7) is 16.5. The highest BCUT2D eigenvalue weighted by atomic mass is 28.4. The predicted molar refractivity (Wildman–Crippen MR) is 261 cm³/mol. The fourth-order valence-electron chi connectivity index (χ4n) is 9.06. The van der Waals surface area contributed by atoms with Gasteiger partial charge in [-0.3, -0.25) is 19.4 Å². The summed E-state index contributed by atoms with van der Waals surface area (Å²) in [6, 6.07) is 38.2. The Morgan fingerprint density at radius 3 is 2.17 bits per heavy atom. The molecule has 0 aliphatic carbocycles. The van der Waals surface area contributed by atoms with E-state index in [1.54, 1.807) is 12.0 Å². The molecule has 4 heterocycles. The number of carbonyl (C=O) groups excluding carboxylic acids is 2. The van der Waals surface area contributed by atoms with Gasteiger partial charge in [0.05, 0.1) is 29.4 Å². The standard InChI is InChI=1S/C53H60N6O4Si/c1-53(2,3)64(7,8)63-43-20-17-40(18-21-43)59(41-19-24-48-38(32-41)25-26-55(48)5)52(61)47-36-58(49-16-12-11-15-45(47)49)50-33-44(62-6)22-23-46(50)51(60)57-34-39-14-10-9-13-37(39)31-42(57)35-56-29-27-54(4)28-30-56/h9-26,32-33,36,42H,27-31,34-35H2,1-8H3/t42-/m0/s1. The van der Waals surface area contributed by atoms with E-state index in [1.807, 2.05) is 96.8 Å². The number of aromatic nitrogens is 2. The summed E-state index contributed by atoms with van der Waals surface area (Å²) in [7, 11) is 3.73. The van der Waals surface area contributed by atoms with Crippen molar-refractivity contribution < 1.29 is 18.8 Å². The molecule has 2 amide bonds. The van der Waals surface area contributed by atoms with E-state index < -0.39 is 8.32 Å². The van der Waals surface area contributed by atoms with Crippen molar-refractivity contribution in [2.45, 2.75) is 57.9 Å². The van der Waals surface area contributed by atoms with Crippen LogP contribution in [0.2, 0.25) is 18.1 Å². The van der Waals surface area contributed by atoms with Gasteiger partial charge < -0.3 is 28.1 Å². The average molecular weight is 873 g/mol. The van der Waals surface area contributed by atoms with Crippen LogP contribution in [0.25, 0.3) is 27.5 Å². The molecule has 10 nitrogen and oxygen atoms in total. The quantitative estimate of drug-likeness (QED) is 0.128. The maximum atomic E-state index is 15.5. The second-order valence-corrected chi connectivity index (χ2v) is 23.9. The Morgan fingerprint density at radius 1 is 0.750 bits per heavy atom. The van der Waals surface area contributed by atoms with Gasteiger partial charge in [0, 0.05) is 98.5 Å². The van der Waals surface area contributed by atoms with E-state index in [1.165, 1.54) is 11.1 Å². The summed E-state index contributed by atoms with van der Waals surface area (Å²) >= 11 is 0. The van der Waals surface area contributed by atoms with Gasteiger partial charge in [-0.05, 0) is 109 Å². The molecule has 0 bridgehead atoms. The number of aryl methyl sites for hydroxylation is 1. The van der Waals surface area contributed by atoms with Crippen LogP contribution in [0.1, 0.15) is 52.6 Å². The van der Waals surface area contributed by atoms with Crippen LogP contribution >= 0.6 is 0 Å². The lowest BCUT2D eigenvalue weighted by atomic mass is 9.92. The first-order valence-corrected chi connectivity index (χ1v) is 25.4. The summed E-state index contributed by atoms with van der Waals surface area (Å²) in [5.74, 6) is 1.16. The van der Waals surface area contributed by atoms with Crippen LogP contribution in [0, 0.1) is 0 Å². The lowest BCUT2D eigenvalue weighted by Gasteiger charge is -2.41. The van der Waals surface area contributed by atoms with E-state index in [9.17, 15) is 0 Å². The van der Waals surface area contributed by atoms with Crippen LogP contribution < -0.4 is 14.1 Å². The van der Waals surface area contributed by atoms with Crippen LogP contribution in [0.5, 0.6) is 11.5 Å². The third-order valence-corrected chi connectivity index (χ3v) is 18.3. The number of para-hydroxylation sites is 1. The number of anilines is 2. The third-order valence-electron chi connectivity index (χ3n) is 13.9. The summed E-state index contributed by atoms with van der Waals surface area (Å²) in [5, 5.41) is 1.84. The van der Waals surface area contributed by atoms with Crippen molar-refractivity contribution in [3.63, 3.8) is 0 Å². The highest BCUT2D eigenvalue weighted by Crippen LogP contribution is 2.40. The summed E-state index contributed by atoms with van der Waals surface area (Å²) in [4.78, 5) is 39.6. The van der Waals surface area contributed by atoms with Gasteiger partial charge >= 0.3 is 0 Å². The fourth-order valence-corrected chi connectivity index (χ4v) is 10.1. The number of likely N-dealkylation sites (N-methyl/N-ethyl adjacent to an activating group) is 1. The zero-order valence-electron chi connectivity index (χ0n) is 38.5. The minimum atomic E-state index is -2.11. The number of fused-ring (bicyclic) bond motifs is 3. The van der Waals surface area contributed by atoms with Crippen molar-refractivity contribution in [3.05, 3.63) is 150 Å². The van der Waals surface area contributed by atoms with Crippen LogP contribution in [0.15, 0.2) is 128 Å². The molecule has 0 radical (unpaired) electrons. The monoisotopic (exact) mass is 872 g/mol. The molecule has 9 rings (SSSR count). The van der Waals surface area contributed by atoms with Gasteiger partial charge in [-0.25, -0.2) is 0 Å². The van der Waals surface area contributed by atoms with Gasteiger partial charge in [-0.2, -0.15) is 0 Å². The number of carbonyl (C=O) groups is 2. The molecule has 1 atom stereocenters. The number of amides is 2. The van der Waals surface area contributed by atoms with E-state index in [4.69, 9.17) is 9.16 Å². The van der Waals surface area contributed by atoms with E-state index in [0.29, 0.717) is 34.8 Å². The Morgan fingerprint density at radius 2 is 1.44 bits per heavy atom. The van der Waals surface area contributed by atoms with Gasteiger partial charge in [0.2, 0.25) is 8.32 Å². The highest BCUT2D eigenvalue weighted by Gasteiger charge is 2.39. The van der Waals surface area contributed by atoms with Crippen LogP contribution in [-0.2, 0) is 20.0 Å². The van der Waals surface area contributed by atoms with Gasteiger partial charge in [0.25, 0.3) is 11.8 Å². The topological polar surface area (TPSA) is 75.4 Å². The van der Waals surface area contributed by atoms with Gasteiger partial charge in [0.15, 0.2) is 0 Å². The van der Waals surface area contributed by atoms with Crippen molar-refractivity contribution in [2.24, 2.45) is 7.05 Å². The predicted octanol–water partition coefficient (Wildman–Crippen LogP) is 10.3. The van der Waals surface area contributed by atoms with Gasteiger partial charge in [0.1, 0.15) is 11.5 Å². The van der Waals surface area contributed by atoms with Crippen molar-refractivity contribution in [2.75, 3.05) is 51.8 Å². The molecule has 2 aliphatic rings. The third kappa shape index (κ3) is 8.24. The largest absolute Gasteiger partial charge is 0.544 e. The van der Waals surface area contributed by atoms with Gasteiger partial charge in [-0.15, -0.1) is 0 Å². The average Bonchev–Trinajstić information content (AvgIpc) is 3.86. The highest BCUT2D eigenvalue weighted by molar-refractivity contribution is 6.74. The van der Waals surface area contributed by atoms with Crippen molar-refractivity contribution >= 4 is 53.3 Å². The first-order chi connectivity index (χ1) is 30.7. The van der Waals surface area contributed by atoms with E-state index in [2.05, 4.69) is 103 Å². The molecule has 64 heavy (non-hydrogen) atoms. The lowest BCUT2D eigenvalue weighted by Crippen LogP contribution is -2.53. The van der Waals surface area contributed by atoms with E-state index in [0.717, 1.165) is 72.4 Å². The number of rotatable bonds is 10. The second kappa shape index (κ2) is 17.1. The van der Waals surface area contributed by atoms with Crippen molar-refractivity contribution in [1.29, 1.82) is 0 Å². The molecular weight excluding hydrogens is 813 g/mol. The maximum Gasteiger partial charge on any atom is 0.265 e. The first-order valence-electron chi connectivity index (χ1n) is 22.4. The normalized spacial score (nSPS) is 16.2. The molecule has 0 spiro atoms. The smallest absolute Gasteiger partial charge is 0.265 e. The minimum absolute atomic E-state index is 0.00604. The first kappa shape index (κ1) is 43.1. The maximum absolute atomic E-state index is 15.5. The molecule has 1 saturated heterocycles. The second-order valence-electron chi connectivity index (χ2n) is 19.1. The molecule has 11 heteroatoms. The summed E-state index contributed by atoms with van der Waals surface area (Å²) in [5.41, 5.74) is 7.52. The number of ether oxygens (including phenoxy) is 1. The van der Waals surface area contributed by atoms with Crippen LogP contribution in [0.4, 0.5) is 11.4 Å². The van der Waals surface area contributed by atoms with Crippen LogP contribution in [-0.4, -0.2) is 96.9 Å². The molecule has 7 aromatic rings. The number of hydrogen-bond donors (Lipinski definition) is 0. The van der Waals surface area contributed by atoms with Crippen molar-refractivity contribution in [3.8, 4) is 17.2 Å². The zero-order valence-corrected chi connectivity index (χ0v) is 39.5. The Labute approximate surface area is 378 Å². The molecule has 2 aromatic heterocycles. The summed E-state index contributed by atoms with van der Waals surface area (Å²) in [6.07, 6.45) is 4.72. The van der Waals surface area contributed by atoms with E-state index >= 15 is 9.59 Å². The lowest BCUT2D eigenvalue weighted by molar-refractivity contribution is 0.0535. The minimum Gasteiger partial charge on any atom is -0.544 e. The Kier molecular flexibility index (Phi) is 11.5. The number of methoxy groups -OCH3 is 1. The number of benzene rings is 5. The number of nitrogens with zero attached hydrogens (tertiary/aromatic N) is 6. The SMILES string of the molecule is COc1ccc(C(=O)N2Cc3ccccc3C[C@H]2CN2CCN(C)CC2)c(-n2cc(C(=O)N(c3ccc(O[Si](C)(C)C(C)(C)C)cc3)c3ccc4c(ccn4C)c3)c3ccccc32)c1. The molecule has 0 unspecified atom stereocenters. The van der Waals surface area contributed by atoms with Gasteiger partial charge in [-0.1, -0.05) is 63.2 Å². The number of piperazine rings is 1. The molecule has 2 aliphatic heterocycles. The van der Waals surface area contributed by atoms with Crippen molar-refractivity contribution in [1.82, 2.24) is 23.8 Å². The molecule has 1 fully saturated rings. The Balaban J connectivity index is 1.13. The zero-order chi connectivity index (χ0) is 44.9. The molecule has 0 N–H and O–H groups in total. The number of hydrogen-bond acceptors (Lipinski definition) is 6. The van der Waals surface area contributed by atoms with E-state index in [-0.39, 0.29) is 22.9 Å². The molecule has 5 aromatic carbocycles.